The molecule has 116 valence electrons. The number of carbonyl (C=O) groups excluding carboxylic acids is 2. The summed E-state index contributed by atoms with van der Waals surface area (Å²) in [4.78, 5) is 27.1. The van der Waals surface area contributed by atoms with Crippen LogP contribution in [0.3, 0.4) is 0 Å². The van der Waals surface area contributed by atoms with E-state index in [2.05, 4.69) is 15.6 Å². The van der Waals surface area contributed by atoms with Gasteiger partial charge in [-0.3, -0.25) is 9.59 Å². The van der Waals surface area contributed by atoms with Gasteiger partial charge < -0.3 is 15.2 Å². The van der Waals surface area contributed by atoms with Crippen molar-refractivity contribution in [1.29, 1.82) is 0 Å². The molecule has 2 rings (SSSR count). The molecule has 0 bridgehead atoms. The summed E-state index contributed by atoms with van der Waals surface area (Å²) >= 11 is 0. The van der Waals surface area contributed by atoms with Gasteiger partial charge in [-0.2, -0.15) is 0 Å². The summed E-state index contributed by atoms with van der Waals surface area (Å²) in [7, 11) is 0. The largest absolute Gasteiger partial charge is 0.350 e. The number of imidazole rings is 1. The topological polar surface area (TPSA) is 76.0 Å². The molecule has 2 aromatic rings. The minimum absolute atomic E-state index is 0.00603. The average molecular weight is 300 g/mol. The Morgan fingerprint density at radius 1 is 1.18 bits per heavy atom. The van der Waals surface area contributed by atoms with Gasteiger partial charge in [0.15, 0.2) is 0 Å². The third-order valence-corrected chi connectivity index (χ3v) is 3.17. The van der Waals surface area contributed by atoms with Crippen molar-refractivity contribution in [2.75, 3.05) is 6.54 Å². The van der Waals surface area contributed by atoms with Gasteiger partial charge in [0.25, 0.3) is 0 Å². The van der Waals surface area contributed by atoms with E-state index in [-0.39, 0.29) is 18.4 Å². The second-order valence-corrected chi connectivity index (χ2v) is 4.90. The summed E-state index contributed by atoms with van der Waals surface area (Å²) in [5.41, 5.74) is 1.95. The Morgan fingerprint density at radius 3 is 2.73 bits per heavy atom. The first-order valence-electron chi connectivity index (χ1n) is 7.30. The first-order chi connectivity index (χ1) is 10.7. The van der Waals surface area contributed by atoms with Gasteiger partial charge in [0, 0.05) is 25.4 Å². The number of benzene rings is 1. The molecule has 6 nitrogen and oxygen atoms in total. The predicted octanol–water partition coefficient (Wildman–Crippen LogP) is 1.40. The summed E-state index contributed by atoms with van der Waals surface area (Å²) in [6.45, 7) is 2.33. The summed E-state index contributed by atoms with van der Waals surface area (Å²) in [6, 6.07) is 7.77. The number of hydrogen-bond acceptors (Lipinski definition) is 3. The lowest BCUT2D eigenvalue weighted by molar-refractivity contribution is -0.126. The molecule has 1 aromatic carbocycles. The fraction of sp³-hybridized carbons (Fsp3) is 0.312. The summed E-state index contributed by atoms with van der Waals surface area (Å²) < 4.78 is 1.89. The smallest absolute Gasteiger partial charge is 0.239 e. The van der Waals surface area contributed by atoms with Gasteiger partial charge in [-0.15, -0.1) is 0 Å². The Hall–Kier alpha value is -2.63. The SMILES string of the molecule is CCCC(=O)NCC(=O)NCc1ccccc1-n1ccnc1. The molecule has 0 saturated carbocycles. The van der Waals surface area contributed by atoms with Crippen molar-refractivity contribution < 1.29 is 9.59 Å². The van der Waals surface area contributed by atoms with Crippen LogP contribution in [0.5, 0.6) is 0 Å². The van der Waals surface area contributed by atoms with Crippen molar-refractivity contribution in [2.24, 2.45) is 0 Å². The second-order valence-electron chi connectivity index (χ2n) is 4.90. The van der Waals surface area contributed by atoms with Gasteiger partial charge in [0.2, 0.25) is 11.8 Å². The highest BCUT2D eigenvalue weighted by Gasteiger charge is 2.07. The molecule has 0 unspecified atom stereocenters. The molecule has 0 aliphatic heterocycles. The number of aromatic nitrogens is 2. The molecule has 2 N–H and O–H groups in total. The van der Waals surface area contributed by atoms with Gasteiger partial charge in [-0.05, 0) is 18.1 Å². The molecule has 1 heterocycles. The summed E-state index contributed by atoms with van der Waals surface area (Å²) in [5.74, 6) is -0.304. The first kappa shape index (κ1) is 15.8. The number of carbonyl (C=O) groups is 2. The van der Waals surface area contributed by atoms with E-state index in [0.29, 0.717) is 13.0 Å². The molecule has 0 fully saturated rings. The van der Waals surface area contributed by atoms with Crippen molar-refractivity contribution in [2.45, 2.75) is 26.3 Å². The zero-order valence-corrected chi connectivity index (χ0v) is 12.6. The Labute approximate surface area is 129 Å². The van der Waals surface area contributed by atoms with Gasteiger partial charge >= 0.3 is 0 Å². The highest BCUT2D eigenvalue weighted by Crippen LogP contribution is 2.13. The lowest BCUT2D eigenvalue weighted by Crippen LogP contribution is -2.36. The maximum Gasteiger partial charge on any atom is 0.239 e. The van der Waals surface area contributed by atoms with Crippen LogP contribution in [0.2, 0.25) is 0 Å². The zero-order chi connectivity index (χ0) is 15.8. The number of para-hydroxylation sites is 1. The number of hydrogen-bond donors (Lipinski definition) is 2. The standard InChI is InChI=1S/C16H20N4O2/c1-2-5-15(21)19-11-16(22)18-10-13-6-3-4-7-14(13)20-9-8-17-12-20/h3-4,6-9,12H,2,5,10-11H2,1H3,(H,18,22)(H,19,21). The zero-order valence-electron chi connectivity index (χ0n) is 12.6. The van der Waals surface area contributed by atoms with Crippen LogP contribution in [-0.2, 0) is 16.1 Å². The molecular formula is C16H20N4O2. The summed E-state index contributed by atoms with van der Waals surface area (Å²) in [5, 5.41) is 5.41. The molecule has 0 aliphatic carbocycles. The number of nitrogens with zero attached hydrogens (tertiary/aromatic N) is 2. The van der Waals surface area contributed by atoms with Crippen LogP contribution in [0.4, 0.5) is 0 Å². The third-order valence-electron chi connectivity index (χ3n) is 3.17. The van der Waals surface area contributed by atoms with E-state index in [4.69, 9.17) is 0 Å². The highest BCUT2D eigenvalue weighted by atomic mass is 16.2. The van der Waals surface area contributed by atoms with Gasteiger partial charge in [-0.25, -0.2) is 4.98 Å². The van der Waals surface area contributed by atoms with Crippen molar-refractivity contribution in [1.82, 2.24) is 20.2 Å². The van der Waals surface area contributed by atoms with Crippen LogP contribution >= 0.6 is 0 Å². The molecule has 0 saturated heterocycles. The van der Waals surface area contributed by atoms with Crippen LogP contribution in [0.15, 0.2) is 43.0 Å². The lowest BCUT2D eigenvalue weighted by atomic mass is 10.1. The van der Waals surface area contributed by atoms with E-state index in [9.17, 15) is 9.59 Å². The lowest BCUT2D eigenvalue weighted by Gasteiger charge is -2.11. The molecule has 6 heteroatoms. The van der Waals surface area contributed by atoms with Crippen LogP contribution < -0.4 is 10.6 Å². The Morgan fingerprint density at radius 2 is 2.00 bits per heavy atom. The Balaban J connectivity index is 1.89. The number of amides is 2. The van der Waals surface area contributed by atoms with Crippen molar-refractivity contribution in [3.8, 4) is 5.69 Å². The molecule has 1 aromatic heterocycles. The van der Waals surface area contributed by atoms with Crippen LogP contribution in [0.1, 0.15) is 25.3 Å². The monoisotopic (exact) mass is 300 g/mol. The Kier molecular flexibility index (Phi) is 5.71. The van der Waals surface area contributed by atoms with E-state index in [1.54, 1.807) is 12.5 Å². The van der Waals surface area contributed by atoms with E-state index >= 15 is 0 Å². The fourth-order valence-corrected chi connectivity index (χ4v) is 2.06. The van der Waals surface area contributed by atoms with Crippen molar-refractivity contribution in [3.63, 3.8) is 0 Å². The fourth-order valence-electron chi connectivity index (χ4n) is 2.06. The second kappa shape index (κ2) is 7.97. The normalized spacial score (nSPS) is 10.2. The van der Waals surface area contributed by atoms with E-state index in [1.807, 2.05) is 42.0 Å². The minimum Gasteiger partial charge on any atom is -0.350 e. The molecule has 0 aliphatic rings. The molecule has 0 atom stereocenters. The maximum absolute atomic E-state index is 11.8. The number of rotatable bonds is 7. The summed E-state index contributed by atoms with van der Waals surface area (Å²) in [6.07, 6.45) is 6.48. The number of nitrogens with one attached hydrogen (secondary N) is 2. The first-order valence-corrected chi connectivity index (χ1v) is 7.30. The Bertz CT molecular complexity index is 623. The van der Waals surface area contributed by atoms with Crippen LogP contribution in [-0.4, -0.2) is 27.9 Å². The molecule has 0 radical (unpaired) electrons. The third kappa shape index (κ3) is 4.44. The average Bonchev–Trinajstić information content (AvgIpc) is 3.06. The molecule has 22 heavy (non-hydrogen) atoms. The van der Waals surface area contributed by atoms with Crippen molar-refractivity contribution >= 4 is 11.8 Å². The van der Waals surface area contributed by atoms with E-state index in [1.165, 1.54) is 0 Å². The van der Waals surface area contributed by atoms with E-state index in [0.717, 1.165) is 17.7 Å². The minimum atomic E-state index is -0.204. The van der Waals surface area contributed by atoms with Crippen LogP contribution in [0.25, 0.3) is 5.69 Å². The van der Waals surface area contributed by atoms with E-state index < -0.39 is 0 Å². The van der Waals surface area contributed by atoms with Crippen LogP contribution in [0, 0.1) is 0 Å². The molecule has 0 spiro atoms. The highest BCUT2D eigenvalue weighted by molar-refractivity contribution is 5.84. The van der Waals surface area contributed by atoms with Crippen molar-refractivity contribution in [3.05, 3.63) is 48.5 Å². The maximum atomic E-state index is 11.8. The van der Waals surface area contributed by atoms with Gasteiger partial charge in [-0.1, -0.05) is 25.1 Å². The predicted molar refractivity (Wildman–Crippen MR) is 83.3 cm³/mol. The van der Waals surface area contributed by atoms with Gasteiger partial charge in [0.05, 0.1) is 18.6 Å². The molecular weight excluding hydrogens is 280 g/mol. The van der Waals surface area contributed by atoms with Gasteiger partial charge in [0.1, 0.15) is 0 Å². The quantitative estimate of drug-likeness (QED) is 0.811. The molecule has 2 amide bonds.